The van der Waals surface area contributed by atoms with Crippen molar-refractivity contribution < 1.29 is 0 Å². The van der Waals surface area contributed by atoms with Crippen LogP contribution in [0.15, 0.2) is 22.7 Å². The van der Waals surface area contributed by atoms with Crippen LogP contribution in [0.4, 0.5) is 0 Å². The van der Waals surface area contributed by atoms with Gasteiger partial charge in [0, 0.05) is 33.5 Å². The second kappa shape index (κ2) is 4.14. The summed E-state index contributed by atoms with van der Waals surface area (Å²) in [6.45, 7) is 2.95. The molecule has 0 saturated heterocycles. The highest BCUT2D eigenvalue weighted by Gasteiger charge is 2.28. The zero-order valence-corrected chi connectivity index (χ0v) is 11.6. The van der Waals surface area contributed by atoms with E-state index in [1.165, 1.54) is 35.0 Å². The second-order valence-electron chi connectivity index (χ2n) is 4.87. The predicted octanol–water partition coefficient (Wildman–Crippen LogP) is 3.55. The molecular formula is C14H17BrN2. The molecule has 1 aliphatic rings. The van der Waals surface area contributed by atoms with Crippen LogP contribution in [0.1, 0.15) is 30.1 Å². The molecule has 2 aromatic rings. The Kier molecular flexibility index (Phi) is 2.75. The molecule has 1 saturated carbocycles. The SMILES string of the molecule is Cc1c(CCN)n(C2CC2)c2ccc(Br)cc12. The van der Waals surface area contributed by atoms with Gasteiger partial charge in [0.25, 0.3) is 0 Å². The Labute approximate surface area is 110 Å². The molecular weight excluding hydrogens is 276 g/mol. The summed E-state index contributed by atoms with van der Waals surface area (Å²) in [7, 11) is 0. The minimum absolute atomic E-state index is 0.717. The molecule has 0 radical (unpaired) electrons. The first-order chi connectivity index (χ1) is 8.22. The molecule has 0 spiro atoms. The summed E-state index contributed by atoms with van der Waals surface area (Å²) >= 11 is 3.56. The Morgan fingerprint density at radius 2 is 2.18 bits per heavy atom. The van der Waals surface area contributed by atoms with Crippen molar-refractivity contribution in [3.63, 3.8) is 0 Å². The number of aromatic nitrogens is 1. The highest BCUT2D eigenvalue weighted by atomic mass is 79.9. The van der Waals surface area contributed by atoms with Crippen molar-refractivity contribution in [1.82, 2.24) is 4.57 Å². The smallest absolute Gasteiger partial charge is 0.0488 e. The highest BCUT2D eigenvalue weighted by molar-refractivity contribution is 9.10. The van der Waals surface area contributed by atoms with Crippen LogP contribution >= 0.6 is 15.9 Å². The molecule has 1 aromatic carbocycles. The van der Waals surface area contributed by atoms with Crippen LogP contribution in [0, 0.1) is 6.92 Å². The van der Waals surface area contributed by atoms with E-state index < -0.39 is 0 Å². The normalized spacial score (nSPS) is 15.7. The number of benzene rings is 1. The van der Waals surface area contributed by atoms with Gasteiger partial charge in [0.2, 0.25) is 0 Å². The van der Waals surface area contributed by atoms with E-state index >= 15 is 0 Å². The fraction of sp³-hybridized carbons (Fsp3) is 0.429. The van der Waals surface area contributed by atoms with E-state index in [9.17, 15) is 0 Å². The van der Waals surface area contributed by atoms with Gasteiger partial charge in [-0.2, -0.15) is 0 Å². The molecule has 90 valence electrons. The molecule has 3 heteroatoms. The van der Waals surface area contributed by atoms with Crippen molar-refractivity contribution in [2.75, 3.05) is 6.54 Å². The van der Waals surface area contributed by atoms with Crippen LogP contribution in [0.3, 0.4) is 0 Å². The molecule has 0 aliphatic heterocycles. The van der Waals surface area contributed by atoms with E-state index in [1.807, 2.05) is 0 Å². The van der Waals surface area contributed by atoms with Crippen LogP contribution in [0.25, 0.3) is 10.9 Å². The quantitative estimate of drug-likeness (QED) is 0.922. The summed E-state index contributed by atoms with van der Waals surface area (Å²) in [5.74, 6) is 0. The fourth-order valence-corrected chi connectivity index (χ4v) is 3.06. The predicted molar refractivity (Wildman–Crippen MR) is 75.4 cm³/mol. The molecule has 1 fully saturated rings. The van der Waals surface area contributed by atoms with Crippen LogP contribution in [-0.2, 0) is 6.42 Å². The van der Waals surface area contributed by atoms with Gasteiger partial charge in [-0.3, -0.25) is 0 Å². The zero-order chi connectivity index (χ0) is 12.0. The molecule has 2 N–H and O–H groups in total. The highest BCUT2D eigenvalue weighted by Crippen LogP contribution is 2.41. The van der Waals surface area contributed by atoms with Gasteiger partial charge in [-0.05, 0) is 50.1 Å². The van der Waals surface area contributed by atoms with Crippen molar-refractivity contribution >= 4 is 26.8 Å². The van der Waals surface area contributed by atoms with Crippen LogP contribution in [0.2, 0.25) is 0 Å². The van der Waals surface area contributed by atoms with E-state index in [0.29, 0.717) is 6.04 Å². The summed E-state index contributed by atoms with van der Waals surface area (Å²) in [6, 6.07) is 7.30. The maximum atomic E-state index is 5.75. The number of aryl methyl sites for hydroxylation is 1. The first-order valence-corrected chi connectivity index (χ1v) is 7.00. The van der Waals surface area contributed by atoms with Gasteiger partial charge in [0.15, 0.2) is 0 Å². The Morgan fingerprint density at radius 1 is 1.41 bits per heavy atom. The maximum Gasteiger partial charge on any atom is 0.0488 e. The Bertz CT molecular complexity index is 567. The Hall–Kier alpha value is -0.800. The number of nitrogens with two attached hydrogens (primary N) is 1. The lowest BCUT2D eigenvalue weighted by atomic mass is 10.1. The van der Waals surface area contributed by atoms with E-state index in [1.54, 1.807) is 0 Å². The van der Waals surface area contributed by atoms with E-state index in [4.69, 9.17) is 5.73 Å². The molecule has 0 amide bonds. The number of nitrogens with zero attached hydrogens (tertiary/aromatic N) is 1. The average molecular weight is 293 g/mol. The van der Waals surface area contributed by atoms with Gasteiger partial charge in [-0.15, -0.1) is 0 Å². The molecule has 3 rings (SSSR count). The van der Waals surface area contributed by atoms with Gasteiger partial charge in [-0.25, -0.2) is 0 Å². The molecule has 17 heavy (non-hydrogen) atoms. The van der Waals surface area contributed by atoms with Crippen molar-refractivity contribution in [3.05, 3.63) is 33.9 Å². The monoisotopic (exact) mass is 292 g/mol. The lowest BCUT2D eigenvalue weighted by molar-refractivity contribution is 0.711. The Balaban J connectivity index is 2.28. The molecule has 1 aromatic heterocycles. The lowest BCUT2D eigenvalue weighted by Crippen LogP contribution is -2.09. The number of hydrogen-bond donors (Lipinski definition) is 1. The van der Waals surface area contributed by atoms with Crippen molar-refractivity contribution in [1.29, 1.82) is 0 Å². The zero-order valence-electron chi connectivity index (χ0n) is 10.0. The third kappa shape index (κ3) is 1.81. The van der Waals surface area contributed by atoms with Crippen molar-refractivity contribution in [3.8, 4) is 0 Å². The lowest BCUT2D eigenvalue weighted by Gasteiger charge is -2.09. The van der Waals surface area contributed by atoms with Crippen LogP contribution in [0.5, 0.6) is 0 Å². The summed E-state index contributed by atoms with van der Waals surface area (Å²) in [5.41, 5.74) is 9.95. The number of fused-ring (bicyclic) bond motifs is 1. The topological polar surface area (TPSA) is 30.9 Å². The van der Waals surface area contributed by atoms with Crippen molar-refractivity contribution in [2.45, 2.75) is 32.2 Å². The maximum absolute atomic E-state index is 5.75. The average Bonchev–Trinajstić information content (AvgIpc) is 3.10. The van der Waals surface area contributed by atoms with E-state index in [2.05, 4.69) is 45.6 Å². The summed E-state index contributed by atoms with van der Waals surface area (Å²) in [6.07, 6.45) is 3.61. The Morgan fingerprint density at radius 3 is 2.82 bits per heavy atom. The summed E-state index contributed by atoms with van der Waals surface area (Å²) in [4.78, 5) is 0. The molecule has 1 heterocycles. The summed E-state index contributed by atoms with van der Waals surface area (Å²) in [5, 5.41) is 1.37. The molecule has 0 bridgehead atoms. The van der Waals surface area contributed by atoms with Gasteiger partial charge in [0.05, 0.1) is 0 Å². The largest absolute Gasteiger partial charge is 0.341 e. The van der Waals surface area contributed by atoms with E-state index in [0.717, 1.165) is 17.4 Å². The number of rotatable bonds is 3. The van der Waals surface area contributed by atoms with Crippen molar-refractivity contribution in [2.24, 2.45) is 5.73 Å². The van der Waals surface area contributed by atoms with Crippen LogP contribution < -0.4 is 5.73 Å². The summed E-state index contributed by atoms with van der Waals surface area (Å²) < 4.78 is 3.67. The fourth-order valence-electron chi connectivity index (χ4n) is 2.69. The van der Waals surface area contributed by atoms with Gasteiger partial charge in [0.1, 0.15) is 0 Å². The van der Waals surface area contributed by atoms with Gasteiger partial charge in [-0.1, -0.05) is 15.9 Å². The van der Waals surface area contributed by atoms with Crippen LogP contribution in [-0.4, -0.2) is 11.1 Å². The minimum Gasteiger partial charge on any atom is -0.341 e. The third-order valence-electron chi connectivity index (χ3n) is 3.64. The molecule has 0 unspecified atom stereocenters. The molecule has 0 atom stereocenters. The number of hydrogen-bond acceptors (Lipinski definition) is 1. The number of halogens is 1. The third-order valence-corrected chi connectivity index (χ3v) is 4.13. The van der Waals surface area contributed by atoms with E-state index in [-0.39, 0.29) is 0 Å². The van der Waals surface area contributed by atoms with Gasteiger partial charge >= 0.3 is 0 Å². The van der Waals surface area contributed by atoms with Gasteiger partial charge < -0.3 is 10.3 Å². The first kappa shape index (κ1) is 11.3. The first-order valence-electron chi connectivity index (χ1n) is 6.21. The molecule has 2 nitrogen and oxygen atoms in total. The standard InChI is InChI=1S/C14H17BrN2/c1-9-12-8-10(15)2-5-14(12)17(11-3-4-11)13(9)6-7-16/h2,5,8,11H,3-4,6-7,16H2,1H3. The second-order valence-corrected chi connectivity index (χ2v) is 5.79. The minimum atomic E-state index is 0.717. The molecule has 1 aliphatic carbocycles.